The number of nitrogens with one attached hydrogen (secondary N) is 2. The number of anilines is 2. The number of nitrogens with zero attached hydrogens (tertiary/aromatic N) is 2. The quantitative estimate of drug-likeness (QED) is 0.785. The van der Waals surface area contributed by atoms with E-state index < -0.39 is 0 Å². The fraction of sp³-hybridized carbons (Fsp3) is 0.300. The molecule has 0 radical (unpaired) electrons. The van der Waals surface area contributed by atoms with E-state index in [9.17, 15) is 14.4 Å². The van der Waals surface area contributed by atoms with Gasteiger partial charge in [-0.25, -0.2) is 0 Å². The van der Waals surface area contributed by atoms with Gasteiger partial charge in [-0.05, 0) is 36.8 Å². The molecule has 1 aromatic heterocycles. The Morgan fingerprint density at radius 2 is 1.78 bits per heavy atom. The van der Waals surface area contributed by atoms with E-state index in [4.69, 9.17) is 0 Å². The van der Waals surface area contributed by atoms with Gasteiger partial charge in [-0.2, -0.15) is 0 Å². The number of carbonyl (C=O) groups excluding carboxylic acids is 3. The molecule has 0 unspecified atom stereocenters. The van der Waals surface area contributed by atoms with Gasteiger partial charge in [-0.3, -0.25) is 19.4 Å². The van der Waals surface area contributed by atoms with Crippen LogP contribution in [0.15, 0.2) is 42.6 Å². The summed E-state index contributed by atoms with van der Waals surface area (Å²) in [7, 11) is 1.72. The molecule has 0 bridgehead atoms. The predicted molar refractivity (Wildman–Crippen MR) is 105 cm³/mol. The fourth-order valence-electron chi connectivity index (χ4n) is 2.46. The maximum Gasteiger partial charge on any atom is 0.272 e. The van der Waals surface area contributed by atoms with Crippen molar-refractivity contribution < 1.29 is 14.4 Å². The first kappa shape index (κ1) is 20.1. The lowest BCUT2D eigenvalue weighted by atomic mass is 10.2. The molecular formula is C20H24N4O3. The smallest absolute Gasteiger partial charge is 0.272 e. The van der Waals surface area contributed by atoms with Crippen molar-refractivity contribution in [2.45, 2.75) is 26.7 Å². The third kappa shape index (κ3) is 5.91. The van der Waals surface area contributed by atoms with Crippen LogP contribution in [0.3, 0.4) is 0 Å². The Labute approximate surface area is 158 Å². The molecule has 0 aliphatic carbocycles. The maximum atomic E-state index is 12.5. The Kier molecular flexibility index (Phi) is 7.05. The average molecular weight is 368 g/mol. The maximum absolute atomic E-state index is 12.5. The molecule has 2 rings (SSSR count). The van der Waals surface area contributed by atoms with E-state index >= 15 is 0 Å². The van der Waals surface area contributed by atoms with Crippen LogP contribution >= 0.6 is 0 Å². The van der Waals surface area contributed by atoms with Crippen LogP contribution in [0.2, 0.25) is 0 Å². The summed E-state index contributed by atoms with van der Waals surface area (Å²) in [6.45, 7) is 4.12. The Morgan fingerprint density at radius 3 is 2.44 bits per heavy atom. The van der Waals surface area contributed by atoms with E-state index in [1.807, 2.05) is 0 Å². The lowest BCUT2D eigenvalue weighted by Gasteiger charge is -2.16. The number of rotatable bonds is 7. The van der Waals surface area contributed by atoms with Gasteiger partial charge in [0.2, 0.25) is 5.91 Å². The monoisotopic (exact) mass is 368 g/mol. The van der Waals surface area contributed by atoms with Crippen molar-refractivity contribution in [2.75, 3.05) is 24.2 Å². The largest absolute Gasteiger partial charge is 0.340 e. The molecule has 3 amide bonds. The summed E-state index contributed by atoms with van der Waals surface area (Å²) in [6, 6.07) is 9.87. The molecule has 0 saturated heterocycles. The van der Waals surface area contributed by atoms with Gasteiger partial charge in [-0.15, -0.1) is 0 Å². The zero-order valence-electron chi connectivity index (χ0n) is 15.8. The Morgan fingerprint density at radius 1 is 1.07 bits per heavy atom. The number of hydrogen-bond acceptors (Lipinski definition) is 4. The second-order valence-corrected chi connectivity index (χ2v) is 6.23. The van der Waals surface area contributed by atoms with Gasteiger partial charge in [0.05, 0.1) is 0 Å². The van der Waals surface area contributed by atoms with Crippen LogP contribution in [-0.4, -0.2) is 41.2 Å². The minimum Gasteiger partial charge on any atom is -0.340 e. The summed E-state index contributed by atoms with van der Waals surface area (Å²) >= 11 is 0. The number of aromatic nitrogens is 1. The van der Waals surface area contributed by atoms with Gasteiger partial charge in [0, 0.05) is 43.7 Å². The highest BCUT2D eigenvalue weighted by atomic mass is 16.2. The summed E-state index contributed by atoms with van der Waals surface area (Å²) in [4.78, 5) is 41.8. The Bertz CT molecular complexity index is 835. The van der Waals surface area contributed by atoms with Crippen molar-refractivity contribution in [3.8, 4) is 0 Å². The molecule has 7 nitrogen and oxygen atoms in total. The zero-order valence-corrected chi connectivity index (χ0v) is 15.8. The Hall–Kier alpha value is -3.22. The van der Waals surface area contributed by atoms with Gasteiger partial charge < -0.3 is 15.5 Å². The zero-order chi connectivity index (χ0) is 19.8. The number of hydrogen-bond donors (Lipinski definition) is 2. The van der Waals surface area contributed by atoms with Gasteiger partial charge in [0.1, 0.15) is 5.69 Å². The molecule has 0 saturated carbocycles. The number of unbranched alkanes of at least 4 members (excludes halogenated alkanes) is 1. The highest BCUT2D eigenvalue weighted by Crippen LogP contribution is 2.16. The molecule has 2 N–H and O–H groups in total. The molecule has 0 aliphatic heterocycles. The number of pyridine rings is 1. The predicted octanol–water partition coefficient (Wildman–Crippen LogP) is 3.16. The van der Waals surface area contributed by atoms with Crippen LogP contribution in [0, 0.1) is 0 Å². The van der Waals surface area contributed by atoms with Crippen molar-refractivity contribution in [1.82, 2.24) is 9.88 Å². The van der Waals surface area contributed by atoms with Crippen molar-refractivity contribution in [3.05, 3.63) is 53.9 Å². The van der Waals surface area contributed by atoms with Crippen LogP contribution in [0.5, 0.6) is 0 Å². The molecule has 1 heterocycles. The normalized spacial score (nSPS) is 10.2. The van der Waals surface area contributed by atoms with Crippen LogP contribution in [0.4, 0.5) is 11.4 Å². The Balaban J connectivity index is 2.11. The van der Waals surface area contributed by atoms with E-state index in [0.29, 0.717) is 23.5 Å². The van der Waals surface area contributed by atoms with Crippen LogP contribution in [-0.2, 0) is 4.79 Å². The molecule has 0 fully saturated rings. The fourth-order valence-corrected chi connectivity index (χ4v) is 2.46. The topological polar surface area (TPSA) is 91.4 Å². The van der Waals surface area contributed by atoms with Crippen molar-refractivity contribution in [1.29, 1.82) is 0 Å². The lowest BCUT2D eigenvalue weighted by molar-refractivity contribution is -0.114. The van der Waals surface area contributed by atoms with Crippen molar-refractivity contribution in [3.63, 3.8) is 0 Å². The minimum absolute atomic E-state index is 0.192. The first-order chi connectivity index (χ1) is 12.9. The summed E-state index contributed by atoms with van der Waals surface area (Å²) in [5.41, 5.74) is 1.69. The van der Waals surface area contributed by atoms with Gasteiger partial charge in [0.15, 0.2) is 0 Å². The second-order valence-electron chi connectivity index (χ2n) is 6.23. The van der Waals surface area contributed by atoms with E-state index in [1.165, 1.54) is 19.2 Å². The first-order valence-electron chi connectivity index (χ1n) is 8.81. The van der Waals surface area contributed by atoms with Crippen molar-refractivity contribution >= 4 is 29.1 Å². The molecule has 142 valence electrons. The third-order valence-corrected chi connectivity index (χ3v) is 3.88. The second kappa shape index (κ2) is 9.47. The van der Waals surface area contributed by atoms with E-state index in [2.05, 4.69) is 22.5 Å². The SMILES string of the molecule is CCCCN(C)C(=O)c1cc(C(=O)Nc2cccc(NC(C)=O)c2)ccn1. The third-order valence-electron chi connectivity index (χ3n) is 3.88. The van der Waals surface area contributed by atoms with Crippen molar-refractivity contribution in [2.24, 2.45) is 0 Å². The number of amides is 3. The van der Waals surface area contributed by atoms with Gasteiger partial charge in [0.25, 0.3) is 11.8 Å². The summed E-state index contributed by atoms with van der Waals surface area (Å²) < 4.78 is 0. The molecule has 0 aliphatic rings. The standard InChI is InChI=1S/C20H24N4O3/c1-4-5-11-24(3)20(27)18-12-15(9-10-21-18)19(26)23-17-8-6-7-16(13-17)22-14(2)25/h6-10,12-13H,4-5,11H2,1-3H3,(H,22,25)(H,23,26). The molecule has 1 aromatic carbocycles. The van der Waals surface area contributed by atoms with Gasteiger partial charge >= 0.3 is 0 Å². The molecule has 7 heteroatoms. The molecular weight excluding hydrogens is 344 g/mol. The molecule has 27 heavy (non-hydrogen) atoms. The number of benzene rings is 1. The summed E-state index contributed by atoms with van der Waals surface area (Å²) in [6.07, 6.45) is 3.35. The van der Waals surface area contributed by atoms with Crippen LogP contribution in [0.25, 0.3) is 0 Å². The van der Waals surface area contributed by atoms with Crippen LogP contribution in [0.1, 0.15) is 47.5 Å². The highest BCUT2D eigenvalue weighted by Gasteiger charge is 2.15. The van der Waals surface area contributed by atoms with Crippen LogP contribution < -0.4 is 10.6 Å². The highest BCUT2D eigenvalue weighted by molar-refractivity contribution is 6.06. The molecule has 0 atom stereocenters. The lowest BCUT2D eigenvalue weighted by Crippen LogP contribution is -2.28. The van der Waals surface area contributed by atoms with E-state index in [0.717, 1.165) is 12.8 Å². The number of carbonyl (C=O) groups is 3. The minimum atomic E-state index is -0.359. The van der Waals surface area contributed by atoms with E-state index in [1.54, 1.807) is 42.3 Å². The summed E-state index contributed by atoms with van der Waals surface area (Å²) in [5, 5.41) is 5.42. The molecule has 2 aromatic rings. The molecule has 0 spiro atoms. The summed E-state index contributed by atoms with van der Waals surface area (Å²) in [5.74, 6) is -0.767. The average Bonchev–Trinajstić information content (AvgIpc) is 2.65. The van der Waals surface area contributed by atoms with E-state index in [-0.39, 0.29) is 23.4 Å². The van der Waals surface area contributed by atoms with Gasteiger partial charge in [-0.1, -0.05) is 19.4 Å². The first-order valence-corrected chi connectivity index (χ1v) is 8.81.